The summed E-state index contributed by atoms with van der Waals surface area (Å²) >= 11 is 1.20. The standard InChI is InChI=1S/C66H103N17O16S/c1-9-35(6)52(69)66-72-32-48(100-66)63(97)80-43(26-34(4)5)59(93)75-42(22-23-50(85)86)58(92)83-53(36(7)10-2)64(98)76-40-20-15-16-25-71-55(89)46(29-49(68)84)78-62(96)47(30-51(87)88)79-61(95)45(28-39-31-70-33-73-39)77-60(94)44(27-38-18-13-12-14-19-38)81-65(99)54(37(8)11-3)82-57(91)41(21-17-24-67)74-56(40)90/h12-14,18-19,31,33-37,40-48,52-54H,9-11,15-17,20-30,32,67,69H2,1-8H3,(H2,68,84)(H,70,73)(H,71,89)(H,74,90)(H,75,93)(H,76,98)(H,77,94)(H,78,96)(H,79,95)(H,80,97)(H,81,99)(H,82,91)(H,83,92)(H,85,86)(H,87,88)/t35?,36?,37?,40-,41+,42+,43-,44+,45-,46-,47+,48?,52-,53-,54-/m0/s1. The van der Waals surface area contributed by atoms with Crippen LogP contribution in [0.4, 0.5) is 0 Å². The lowest BCUT2D eigenvalue weighted by Gasteiger charge is -2.30. The number of carbonyl (C=O) groups is 14. The average molecular weight is 1420 g/mol. The molecule has 0 radical (unpaired) electrons. The van der Waals surface area contributed by atoms with Gasteiger partial charge in [0.2, 0.25) is 70.9 Å². The summed E-state index contributed by atoms with van der Waals surface area (Å²) in [5, 5.41) is 48.4. The maximum absolute atomic E-state index is 14.9. The minimum atomic E-state index is -1.94. The molecule has 2 aromatic rings. The van der Waals surface area contributed by atoms with Crippen molar-refractivity contribution in [2.24, 2.45) is 45.9 Å². The maximum atomic E-state index is 14.9. The Labute approximate surface area is 586 Å². The molecule has 3 heterocycles. The van der Waals surface area contributed by atoms with Gasteiger partial charge in [-0.15, -0.1) is 0 Å². The number of H-pyrrole nitrogens is 1. The number of aliphatic imine (C=N–C) groups is 1. The number of carboxylic acids is 2. The van der Waals surface area contributed by atoms with Crippen LogP contribution in [0.1, 0.15) is 150 Å². The first-order valence-corrected chi connectivity index (χ1v) is 35.0. The van der Waals surface area contributed by atoms with E-state index in [0.717, 1.165) is 6.42 Å². The van der Waals surface area contributed by atoms with Crippen LogP contribution in [0.25, 0.3) is 0 Å². The summed E-state index contributed by atoms with van der Waals surface area (Å²) in [4.78, 5) is 207. The number of thioether (sulfide) groups is 1. The van der Waals surface area contributed by atoms with Crippen molar-refractivity contribution >= 4 is 99.6 Å². The van der Waals surface area contributed by atoms with E-state index in [2.05, 4.69) is 73.4 Å². The van der Waals surface area contributed by atoms with Gasteiger partial charge in [0, 0.05) is 37.7 Å². The van der Waals surface area contributed by atoms with Crippen molar-refractivity contribution in [2.75, 3.05) is 19.6 Å². The highest BCUT2D eigenvalue weighted by Gasteiger charge is 2.40. The number of nitrogens with one attached hydrogen (secondary N) is 12. The van der Waals surface area contributed by atoms with Gasteiger partial charge in [-0.2, -0.15) is 0 Å². The predicted octanol–water partition coefficient (Wildman–Crippen LogP) is -1.68. The van der Waals surface area contributed by atoms with Gasteiger partial charge in [-0.1, -0.05) is 117 Å². The second kappa shape index (κ2) is 42.1. The van der Waals surface area contributed by atoms with Crippen LogP contribution in [0.5, 0.6) is 0 Å². The number of amides is 12. The number of nitrogens with two attached hydrogens (primary N) is 3. The zero-order valence-electron chi connectivity index (χ0n) is 58.2. The summed E-state index contributed by atoms with van der Waals surface area (Å²) in [5.41, 5.74) is 18.7. The fourth-order valence-electron chi connectivity index (χ4n) is 10.9. The Hall–Kier alpha value is -9.05. The van der Waals surface area contributed by atoms with E-state index in [1.165, 1.54) is 24.3 Å². The molecule has 0 bridgehead atoms. The molecule has 20 N–H and O–H groups in total. The van der Waals surface area contributed by atoms with Crippen LogP contribution in [-0.4, -0.2) is 199 Å². The van der Waals surface area contributed by atoms with E-state index in [-0.39, 0.29) is 95.7 Å². The zero-order valence-corrected chi connectivity index (χ0v) is 59.0. The van der Waals surface area contributed by atoms with Crippen molar-refractivity contribution in [3.8, 4) is 0 Å². The number of primary amides is 1. The van der Waals surface area contributed by atoms with Crippen molar-refractivity contribution in [3.05, 3.63) is 54.1 Å². The number of imidazole rings is 1. The first kappa shape index (κ1) is 83.4. The van der Waals surface area contributed by atoms with Crippen LogP contribution >= 0.6 is 11.8 Å². The Morgan fingerprint density at radius 2 is 1.26 bits per heavy atom. The molecule has 4 unspecified atom stereocenters. The van der Waals surface area contributed by atoms with Crippen molar-refractivity contribution in [2.45, 2.75) is 223 Å². The van der Waals surface area contributed by atoms with Crippen LogP contribution in [-0.2, 0) is 80.0 Å². The molecule has 2 aliphatic heterocycles. The molecule has 33 nitrogen and oxygen atoms in total. The first-order valence-electron chi connectivity index (χ1n) is 34.1. The minimum Gasteiger partial charge on any atom is -0.481 e. The van der Waals surface area contributed by atoms with Crippen molar-refractivity contribution in [1.29, 1.82) is 0 Å². The number of nitrogens with zero attached hydrogens (tertiary/aromatic N) is 2. The Bertz CT molecular complexity index is 3160. The highest BCUT2D eigenvalue weighted by atomic mass is 32.2. The molecule has 1 aromatic heterocycles. The van der Waals surface area contributed by atoms with Crippen LogP contribution in [0.2, 0.25) is 0 Å². The molecule has 0 aliphatic carbocycles. The van der Waals surface area contributed by atoms with Crippen LogP contribution in [0.3, 0.4) is 0 Å². The summed E-state index contributed by atoms with van der Waals surface area (Å²) in [6, 6.07) is -7.45. The molecule has 15 atom stereocenters. The lowest BCUT2D eigenvalue weighted by molar-refractivity contribution is -0.142. The molecule has 12 amide bonds. The van der Waals surface area contributed by atoms with Crippen molar-refractivity contribution in [3.63, 3.8) is 0 Å². The minimum absolute atomic E-state index is 0.00169. The van der Waals surface area contributed by atoms with Crippen molar-refractivity contribution < 1.29 is 77.3 Å². The topological polar surface area (TPSA) is 531 Å². The third kappa shape index (κ3) is 27.6. The van der Waals surface area contributed by atoms with E-state index >= 15 is 0 Å². The Kier molecular flexibility index (Phi) is 35.1. The van der Waals surface area contributed by atoms with Gasteiger partial charge in [0.15, 0.2) is 0 Å². The number of aliphatic carboxylic acids is 2. The number of hydrogen-bond acceptors (Lipinski definition) is 19. The molecule has 0 spiro atoms. The summed E-state index contributed by atoms with van der Waals surface area (Å²) in [5.74, 6) is -15.6. The monoisotopic (exact) mass is 1420 g/mol. The van der Waals surface area contributed by atoms with Gasteiger partial charge in [-0.05, 0) is 80.7 Å². The van der Waals surface area contributed by atoms with Gasteiger partial charge in [-0.3, -0.25) is 72.1 Å². The van der Waals surface area contributed by atoms with Gasteiger partial charge in [0.1, 0.15) is 65.7 Å². The molecule has 100 heavy (non-hydrogen) atoms. The molecule has 2 aliphatic rings. The van der Waals surface area contributed by atoms with Crippen molar-refractivity contribution in [1.82, 2.24) is 68.5 Å². The molecule has 1 saturated heterocycles. The molecule has 1 aromatic carbocycles. The SMILES string of the molecule is CCC(C)[C@H](N)C1=NCC(C(=O)N[C@@H](CC(C)C)C(=O)N[C@H](CCC(=O)O)C(=O)N[C@H](C(=O)N[C@H]2CCCCNC(=O)[C@H](CC(N)=O)NC(=O)[C@@H](CC(=O)O)NC(=O)[C@H](Cc3cnc[nH]3)NC(=O)[C@@H](Cc3ccccc3)NC(=O)[C@H](C(C)CC)NC(=O)[C@@H](CCCN)NC2=O)C(C)CC)S1. The van der Waals surface area contributed by atoms with Gasteiger partial charge < -0.3 is 90.9 Å². The number of benzene rings is 1. The average Bonchev–Trinajstić information content (AvgIpc) is 1.28. The number of aromatic nitrogens is 2. The van der Waals surface area contributed by atoms with E-state index in [9.17, 15) is 77.3 Å². The Morgan fingerprint density at radius 3 is 1.85 bits per heavy atom. The van der Waals surface area contributed by atoms with E-state index in [1.807, 2.05) is 27.7 Å². The van der Waals surface area contributed by atoms with Crippen LogP contribution in [0, 0.1) is 23.7 Å². The normalized spacial score (nSPS) is 23.1. The highest BCUT2D eigenvalue weighted by molar-refractivity contribution is 8.15. The number of aromatic amines is 1. The van der Waals surface area contributed by atoms with Crippen LogP contribution < -0.4 is 75.7 Å². The highest BCUT2D eigenvalue weighted by Crippen LogP contribution is 2.27. The van der Waals surface area contributed by atoms with Crippen LogP contribution in [0.15, 0.2) is 47.8 Å². The second-order valence-electron chi connectivity index (χ2n) is 25.9. The Balaban J connectivity index is 1.76. The van der Waals surface area contributed by atoms with Gasteiger partial charge in [-0.25, -0.2) is 4.98 Å². The fourth-order valence-corrected chi connectivity index (χ4v) is 12.0. The molecule has 1 fully saturated rings. The molecule has 4 rings (SSSR count). The molecular formula is C66H103N17O16S. The summed E-state index contributed by atoms with van der Waals surface area (Å²) in [6.45, 7) is 14.2. The van der Waals surface area contributed by atoms with E-state index in [0.29, 0.717) is 16.3 Å². The van der Waals surface area contributed by atoms with E-state index < -0.39 is 192 Å². The predicted molar refractivity (Wildman–Crippen MR) is 369 cm³/mol. The lowest BCUT2D eigenvalue weighted by atomic mass is 9.96. The number of rotatable bonds is 31. The molecular weight excluding hydrogens is 1320 g/mol. The fraction of sp³-hybridized carbons (Fsp3) is 0.636. The molecule has 554 valence electrons. The van der Waals surface area contributed by atoms with Gasteiger partial charge in [0.25, 0.3) is 0 Å². The summed E-state index contributed by atoms with van der Waals surface area (Å²) in [7, 11) is 0. The van der Waals surface area contributed by atoms with E-state index in [4.69, 9.17) is 17.2 Å². The van der Waals surface area contributed by atoms with E-state index in [1.54, 1.807) is 58.0 Å². The third-order valence-corrected chi connectivity index (χ3v) is 18.8. The number of hydrogen-bond donors (Lipinski definition) is 17. The lowest BCUT2D eigenvalue weighted by Crippen LogP contribution is -2.62. The largest absolute Gasteiger partial charge is 0.481 e. The summed E-state index contributed by atoms with van der Waals surface area (Å²) < 4.78 is 0. The number of carbonyl (C=O) groups excluding carboxylic acids is 12. The summed E-state index contributed by atoms with van der Waals surface area (Å²) in [6.07, 6.45) is 0.386. The molecule has 34 heteroatoms. The zero-order chi connectivity index (χ0) is 74.3. The van der Waals surface area contributed by atoms with Gasteiger partial charge in [0.05, 0.1) is 36.8 Å². The second-order valence-corrected chi connectivity index (χ2v) is 27.2. The quantitative estimate of drug-likeness (QED) is 0.0401. The number of carboxylic acid groups (broad SMARTS) is 2. The first-order chi connectivity index (χ1) is 47.4. The third-order valence-electron chi connectivity index (χ3n) is 17.5. The van der Waals surface area contributed by atoms with Gasteiger partial charge >= 0.3 is 11.9 Å². The smallest absolute Gasteiger partial charge is 0.305 e. The Morgan fingerprint density at radius 1 is 0.660 bits per heavy atom. The molecule has 0 saturated carbocycles. The maximum Gasteiger partial charge on any atom is 0.305 e.